The van der Waals surface area contributed by atoms with E-state index in [1.807, 2.05) is 42.5 Å². The molecular weight excluding hydrogens is 348 g/mol. The summed E-state index contributed by atoms with van der Waals surface area (Å²) in [6.07, 6.45) is 0. The molecule has 2 aromatic rings. The molecule has 134 valence electrons. The molecule has 6 heteroatoms. The molecule has 2 amide bonds. The highest BCUT2D eigenvalue weighted by Gasteiger charge is 2.31. The standard InChI is InChI=1S/C20H20N2O3S/c1-3-25-19(23)17-13(2)21-20(24)22-18(17)14-9-11-16(12-10-14)26-15-7-5-4-6-8-15/h4-12,18H,3H2,1-2H3,(H2,21,22,24)/t18-/m1/s1. The van der Waals surface area contributed by atoms with Crippen molar-refractivity contribution in [1.82, 2.24) is 10.6 Å². The molecule has 0 radical (unpaired) electrons. The minimum absolute atomic E-state index is 0.281. The summed E-state index contributed by atoms with van der Waals surface area (Å²) in [6, 6.07) is 17.1. The number of allylic oxidation sites excluding steroid dienone is 1. The van der Waals surface area contributed by atoms with Gasteiger partial charge in [0.1, 0.15) is 0 Å². The third kappa shape index (κ3) is 4.08. The Hall–Kier alpha value is -2.73. The zero-order valence-corrected chi connectivity index (χ0v) is 15.4. The number of carbonyl (C=O) groups is 2. The maximum absolute atomic E-state index is 12.3. The minimum atomic E-state index is -0.529. The lowest BCUT2D eigenvalue weighted by molar-refractivity contribution is -0.139. The van der Waals surface area contributed by atoms with Crippen LogP contribution in [0.3, 0.4) is 0 Å². The third-order valence-electron chi connectivity index (χ3n) is 3.96. The molecule has 1 aliphatic rings. The summed E-state index contributed by atoms with van der Waals surface area (Å²) >= 11 is 1.66. The van der Waals surface area contributed by atoms with Gasteiger partial charge in [0.15, 0.2) is 0 Å². The van der Waals surface area contributed by atoms with Gasteiger partial charge in [0.05, 0.1) is 18.2 Å². The largest absolute Gasteiger partial charge is 0.463 e. The molecule has 2 N–H and O–H groups in total. The van der Waals surface area contributed by atoms with E-state index in [1.54, 1.807) is 25.6 Å². The van der Waals surface area contributed by atoms with Gasteiger partial charge in [-0.15, -0.1) is 0 Å². The van der Waals surface area contributed by atoms with Crippen LogP contribution in [0.15, 0.2) is 75.7 Å². The van der Waals surface area contributed by atoms with E-state index in [4.69, 9.17) is 4.74 Å². The molecule has 0 aromatic heterocycles. The Morgan fingerprint density at radius 1 is 1.08 bits per heavy atom. The number of hydrogen-bond donors (Lipinski definition) is 2. The molecule has 1 atom stereocenters. The highest BCUT2D eigenvalue weighted by molar-refractivity contribution is 7.99. The second kappa shape index (κ2) is 8.10. The normalized spacial score (nSPS) is 16.7. The maximum atomic E-state index is 12.3. The van der Waals surface area contributed by atoms with Gasteiger partial charge >= 0.3 is 12.0 Å². The average molecular weight is 368 g/mol. The van der Waals surface area contributed by atoms with Crippen molar-refractivity contribution < 1.29 is 14.3 Å². The number of benzene rings is 2. The van der Waals surface area contributed by atoms with Gasteiger partial charge in [-0.05, 0) is 43.7 Å². The lowest BCUT2D eigenvalue weighted by atomic mass is 9.96. The zero-order valence-electron chi connectivity index (χ0n) is 14.6. The Morgan fingerprint density at radius 3 is 2.38 bits per heavy atom. The van der Waals surface area contributed by atoms with Crippen molar-refractivity contribution in [3.63, 3.8) is 0 Å². The molecular formula is C20H20N2O3S. The first-order chi connectivity index (χ1) is 12.6. The fraction of sp³-hybridized carbons (Fsp3) is 0.200. The number of esters is 1. The third-order valence-corrected chi connectivity index (χ3v) is 4.97. The van der Waals surface area contributed by atoms with Crippen LogP contribution >= 0.6 is 11.8 Å². The van der Waals surface area contributed by atoms with E-state index in [0.29, 0.717) is 11.3 Å². The van der Waals surface area contributed by atoms with E-state index in [2.05, 4.69) is 22.8 Å². The van der Waals surface area contributed by atoms with Crippen LogP contribution in [0, 0.1) is 0 Å². The Labute approximate surface area is 156 Å². The molecule has 0 bridgehead atoms. The number of ether oxygens (including phenoxy) is 1. The van der Waals surface area contributed by atoms with E-state index < -0.39 is 12.0 Å². The van der Waals surface area contributed by atoms with Gasteiger partial charge in [-0.1, -0.05) is 42.1 Å². The Balaban J connectivity index is 1.85. The van der Waals surface area contributed by atoms with E-state index >= 15 is 0 Å². The lowest BCUT2D eigenvalue weighted by Gasteiger charge is -2.28. The van der Waals surface area contributed by atoms with Crippen molar-refractivity contribution in [2.45, 2.75) is 29.7 Å². The zero-order chi connectivity index (χ0) is 18.5. The molecule has 1 heterocycles. The summed E-state index contributed by atoms with van der Waals surface area (Å²) in [6.45, 7) is 3.74. The lowest BCUT2D eigenvalue weighted by Crippen LogP contribution is -2.45. The molecule has 0 aliphatic carbocycles. The topological polar surface area (TPSA) is 67.4 Å². The van der Waals surface area contributed by atoms with Gasteiger partial charge in [-0.3, -0.25) is 0 Å². The van der Waals surface area contributed by atoms with Crippen LogP contribution in [-0.2, 0) is 9.53 Å². The second-order valence-corrected chi connectivity index (χ2v) is 6.92. The van der Waals surface area contributed by atoms with Crippen LogP contribution in [0.5, 0.6) is 0 Å². The number of carbonyl (C=O) groups excluding carboxylic acids is 2. The minimum Gasteiger partial charge on any atom is -0.463 e. The molecule has 2 aromatic carbocycles. The Kier molecular flexibility index (Phi) is 5.63. The number of rotatable bonds is 5. The molecule has 0 saturated heterocycles. The summed E-state index contributed by atoms with van der Waals surface area (Å²) in [4.78, 5) is 26.4. The number of urea groups is 1. The first kappa shape index (κ1) is 18.1. The quantitative estimate of drug-likeness (QED) is 0.782. The molecule has 0 unspecified atom stereocenters. The van der Waals surface area contributed by atoms with Gasteiger partial charge in [0.25, 0.3) is 0 Å². The van der Waals surface area contributed by atoms with Crippen LogP contribution < -0.4 is 10.6 Å². The second-order valence-electron chi connectivity index (χ2n) is 5.77. The molecule has 1 aliphatic heterocycles. The Morgan fingerprint density at radius 2 is 1.73 bits per heavy atom. The SMILES string of the molecule is CCOC(=O)C1=C(C)NC(=O)N[C@@H]1c1ccc(Sc2ccccc2)cc1. The summed E-state index contributed by atoms with van der Waals surface area (Å²) in [5.41, 5.74) is 1.77. The van der Waals surface area contributed by atoms with E-state index in [1.165, 1.54) is 0 Å². The molecule has 0 fully saturated rings. The van der Waals surface area contributed by atoms with E-state index in [0.717, 1.165) is 15.4 Å². The summed E-state index contributed by atoms with van der Waals surface area (Å²) in [7, 11) is 0. The van der Waals surface area contributed by atoms with E-state index in [9.17, 15) is 9.59 Å². The first-order valence-corrected chi connectivity index (χ1v) is 9.18. The monoisotopic (exact) mass is 368 g/mol. The smallest absolute Gasteiger partial charge is 0.338 e. The van der Waals surface area contributed by atoms with Gasteiger partial charge in [-0.25, -0.2) is 9.59 Å². The highest BCUT2D eigenvalue weighted by atomic mass is 32.2. The fourth-order valence-electron chi connectivity index (χ4n) is 2.78. The van der Waals surface area contributed by atoms with Gasteiger partial charge in [0, 0.05) is 15.5 Å². The van der Waals surface area contributed by atoms with Gasteiger partial charge < -0.3 is 15.4 Å². The van der Waals surface area contributed by atoms with Crippen molar-refractivity contribution in [2.24, 2.45) is 0 Å². The predicted octanol–water partition coefficient (Wildman–Crippen LogP) is 4.03. The first-order valence-electron chi connectivity index (χ1n) is 8.36. The van der Waals surface area contributed by atoms with Crippen molar-refractivity contribution in [2.75, 3.05) is 6.61 Å². The van der Waals surface area contributed by atoms with Crippen LogP contribution in [-0.4, -0.2) is 18.6 Å². The van der Waals surface area contributed by atoms with Crippen LogP contribution in [0.2, 0.25) is 0 Å². The Bertz CT molecular complexity index is 832. The van der Waals surface area contributed by atoms with Crippen LogP contribution in [0.1, 0.15) is 25.5 Å². The summed E-state index contributed by atoms with van der Waals surface area (Å²) in [5, 5.41) is 5.44. The summed E-state index contributed by atoms with van der Waals surface area (Å²) < 4.78 is 5.15. The number of amides is 2. The average Bonchev–Trinajstić information content (AvgIpc) is 2.62. The van der Waals surface area contributed by atoms with Crippen LogP contribution in [0.25, 0.3) is 0 Å². The van der Waals surface area contributed by atoms with E-state index in [-0.39, 0.29) is 12.6 Å². The molecule has 5 nitrogen and oxygen atoms in total. The molecule has 26 heavy (non-hydrogen) atoms. The van der Waals surface area contributed by atoms with Gasteiger partial charge in [0.2, 0.25) is 0 Å². The highest BCUT2D eigenvalue weighted by Crippen LogP contribution is 2.31. The van der Waals surface area contributed by atoms with Gasteiger partial charge in [-0.2, -0.15) is 0 Å². The van der Waals surface area contributed by atoms with Crippen molar-refractivity contribution >= 4 is 23.8 Å². The van der Waals surface area contributed by atoms with Crippen LogP contribution in [0.4, 0.5) is 4.79 Å². The number of nitrogens with one attached hydrogen (secondary N) is 2. The van der Waals surface area contributed by atoms with Crippen molar-refractivity contribution in [3.8, 4) is 0 Å². The molecule has 0 saturated carbocycles. The fourth-order valence-corrected chi connectivity index (χ4v) is 3.61. The van der Waals surface area contributed by atoms with Crippen molar-refractivity contribution in [1.29, 1.82) is 0 Å². The molecule has 0 spiro atoms. The predicted molar refractivity (Wildman–Crippen MR) is 101 cm³/mol. The molecule has 3 rings (SSSR count). The summed E-state index contributed by atoms with van der Waals surface area (Å²) in [5.74, 6) is -0.426. The van der Waals surface area contributed by atoms with Crippen molar-refractivity contribution in [3.05, 3.63) is 71.4 Å². The number of hydrogen-bond acceptors (Lipinski definition) is 4. The maximum Gasteiger partial charge on any atom is 0.338 e.